The third kappa shape index (κ3) is 5.48. The van der Waals surface area contributed by atoms with Crippen LogP contribution in [0, 0.1) is 5.82 Å². The fourth-order valence-electron chi connectivity index (χ4n) is 4.88. The predicted octanol–water partition coefficient (Wildman–Crippen LogP) is 4.02. The molecular weight excluding hydrogens is 503 g/mol. The summed E-state index contributed by atoms with van der Waals surface area (Å²) >= 11 is 0. The van der Waals surface area contributed by atoms with Gasteiger partial charge >= 0.3 is 0 Å². The number of fused-ring (bicyclic) bond motifs is 1. The molecule has 0 saturated carbocycles. The van der Waals surface area contributed by atoms with Crippen LogP contribution in [0.5, 0.6) is 0 Å². The number of rotatable bonds is 8. The average Bonchev–Trinajstić information content (AvgIpc) is 3.23. The van der Waals surface area contributed by atoms with E-state index in [1.165, 1.54) is 18.1 Å². The van der Waals surface area contributed by atoms with Crippen LogP contribution in [0.1, 0.15) is 18.4 Å². The van der Waals surface area contributed by atoms with Gasteiger partial charge < -0.3 is 19.7 Å². The molecule has 0 amide bonds. The highest BCUT2D eigenvalue weighted by Crippen LogP contribution is 2.26. The molecule has 0 spiro atoms. The molecule has 1 atom stereocenters. The summed E-state index contributed by atoms with van der Waals surface area (Å²) in [6, 6.07) is 12.6. The van der Waals surface area contributed by atoms with Crippen molar-refractivity contribution in [1.29, 1.82) is 0 Å². The Kier molecular flexibility index (Phi) is 7.57. The van der Waals surface area contributed by atoms with E-state index in [1.54, 1.807) is 28.4 Å². The van der Waals surface area contributed by atoms with Gasteiger partial charge in [-0.15, -0.1) is 0 Å². The van der Waals surface area contributed by atoms with Gasteiger partial charge in [-0.2, -0.15) is 4.98 Å². The molecular formula is C27H33FN8OS. The zero-order valence-corrected chi connectivity index (χ0v) is 23.0. The minimum absolute atomic E-state index is 0.320. The summed E-state index contributed by atoms with van der Waals surface area (Å²) in [5.74, 6) is 0.565. The van der Waals surface area contributed by atoms with E-state index in [9.17, 15) is 8.60 Å². The molecule has 4 aromatic rings. The van der Waals surface area contributed by atoms with Gasteiger partial charge in [-0.3, -0.25) is 4.31 Å². The lowest BCUT2D eigenvalue weighted by Crippen LogP contribution is -2.41. The van der Waals surface area contributed by atoms with Crippen LogP contribution in [0.25, 0.3) is 11.0 Å². The summed E-state index contributed by atoms with van der Waals surface area (Å²) in [7, 11) is 4.78. The largest absolute Gasteiger partial charge is 0.371 e. The first kappa shape index (κ1) is 26.1. The molecule has 1 N–H and O–H groups in total. The van der Waals surface area contributed by atoms with Crippen LogP contribution >= 0.6 is 0 Å². The van der Waals surface area contributed by atoms with Gasteiger partial charge in [-0.25, -0.2) is 18.6 Å². The summed E-state index contributed by atoms with van der Waals surface area (Å²) in [5.41, 5.74) is 3.33. The molecule has 1 aromatic carbocycles. The summed E-state index contributed by atoms with van der Waals surface area (Å²) in [5, 5.41) is 3.59. The fourth-order valence-corrected chi connectivity index (χ4v) is 5.28. The maximum Gasteiger partial charge on any atom is 0.229 e. The van der Waals surface area contributed by atoms with Crippen LogP contribution in [0.15, 0.2) is 55.0 Å². The monoisotopic (exact) mass is 536 g/mol. The van der Waals surface area contributed by atoms with Crippen molar-refractivity contribution in [2.24, 2.45) is 0 Å². The third-order valence-electron chi connectivity index (χ3n) is 7.14. The first-order chi connectivity index (χ1) is 18.3. The molecule has 9 nitrogen and oxygen atoms in total. The van der Waals surface area contributed by atoms with Crippen molar-refractivity contribution in [1.82, 2.24) is 24.4 Å². The van der Waals surface area contributed by atoms with E-state index < -0.39 is 16.8 Å². The normalized spacial score (nSPS) is 15.3. The Morgan fingerprint density at radius 2 is 1.84 bits per heavy atom. The lowest BCUT2D eigenvalue weighted by molar-refractivity contribution is 0.249. The third-order valence-corrected chi connectivity index (χ3v) is 8.09. The van der Waals surface area contributed by atoms with Crippen LogP contribution in [-0.4, -0.2) is 75.2 Å². The van der Waals surface area contributed by atoms with E-state index in [2.05, 4.69) is 56.3 Å². The summed E-state index contributed by atoms with van der Waals surface area (Å²) in [6.45, 7) is 2.40. The quantitative estimate of drug-likeness (QED) is 0.364. The topological polar surface area (TPSA) is 82.4 Å². The first-order valence-electron chi connectivity index (χ1n) is 12.6. The van der Waals surface area contributed by atoms with E-state index in [1.807, 2.05) is 24.3 Å². The van der Waals surface area contributed by atoms with E-state index in [0.29, 0.717) is 35.4 Å². The van der Waals surface area contributed by atoms with Crippen LogP contribution in [0.3, 0.4) is 0 Å². The van der Waals surface area contributed by atoms with Gasteiger partial charge in [0.15, 0.2) is 5.82 Å². The molecule has 1 fully saturated rings. The Bertz CT molecular complexity index is 1430. The van der Waals surface area contributed by atoms with E-state index in [0.717, 1.165) is 37.2 Å². The van der Waals surface area contributed by atoms with Crippen molar-refractivity contribution >= 4 is 45.2 Å². The number of piperidine rings is 1. The van der Waals surface area contributed by atoms with Crippen LogP contribution in [-0.2, 0) is 17.5 Å². The number of benzene rings is 1. The van der Waals surface area contributed by atoms with E-state index >= 15 is 0 Å². The highest BCUT2D eigenvalue weighted by molar-refractivity contribution is 7.85. The van der Waals surface area contributed by atoms with Crippen molar-refractivity contribution in [3.05, 3.63) is 66.4 Å². The molecule has 5 rings (SSSR count). The predicted molar refractivity (Wildman–Crippen MR) is 152 cm³/mol. The number of nitrogens with zero attached hydrogens (tertiary/aromatic N) is 7. The molecule has 4 heterocycles. The second-order valence-electron chi connectivity index (χ2n) is 9.80. The lowest BCUT2D eigenvalue weighted by atomic mass is 10.0. The van der Waals surface area contributed by atoms with Gasteiger partial charge in [0, 0.05) is 68.0 Å². The number of nitrogens with one attached hydrogen (secondary N) is 1. The SMILES string of the molecule is CN(C)C1CCN(c2ccc(Nc3ncc4c(F)cn(Cc5cccnc5N(C)S(C)=O)c4n3)cc2)CC1. The standard InChI is InChI=1S/C27H33FN8OS/c1-33(2)21-11-14-35(15-12-21)22-9-7-20(8-10-22)31-27-30-16-23-24(28)18-36(26(23)32-27)17-19-6-5-13-29-25(19)34(3)38(4)37/h5-10,13,16,18,21H,11-12,14-15,17H2,1-4H3,(H,30,31,32). The Morgan fingerprint density at radius 3 is 2.53 bits per heavy atom. The van der Waals surface area contributed by atoms with Crippen molar-refractivity contribution < 1.29 is 8.60 Å². The number of halogens is 1. The van der Waals surface area contributed by atoms with Crippen molar-refractivity contribution in [3.63, 3.8) is 0 Å². The van der Waals surface area contributed by atoms with Crippen molar-refractivity contribution in [3.8, 4) is 0 Å². The molecule has 0 bridgehead atoms. The average molecular weight is 537 g/mol. The molecule has 1 aliphatic heterocycles. The first-order valence-corrected chi connectivity index (χ1v) is 14.1. The second-order valence-corrected chi connectivity index (χ2v) is 11.2. The highest BCUT2D eigenvalue weighted by atomic mass is 32.2. The van der Waals surface area contributed by atoms with Crippen LogP contribution in [0.2, 0.25) is 0 Å². The zero-order chi connectivity index (χ0) is 26.8. The number of anilines is 4. The van der Waals surface area contributed by atoms with Crippen LogP contribution in [0.4, 0.5) is 27.5 Å². The van der Waals surface area contributed by atoms with Crippen molar-refractivity contribution in [2.75, 3.05) is 55.0 Å². The summed E-state index contributed by atoms with van der Waals surface area (Å²) < 4.78 is 30.1. The Labute approximate surface area is 224 Å². The van der Waals surface area contributed by atoms with Gasteiger partial charge in [0.2, 0.25) is 5.95 Å². The van der Waals surface area contributed by atoms with Crippen molar-refractivity contribution in [2.45, 2.75) is 25.4 Å². The van der Waals surface area contributed by atoms with Gasteiger partial charge in [0.25, 0.3) is 0 Å². The van der Waals surface area contributed by atoms with Gasteiger partial charge in [-0.1, -0.05) is 6.07 Å². The zero-order valence-electron chi connectivity index (χ0n) is 22.1. The molecule has 1 saturated heterocycles. The molecule has 1 aliphatic rings. The van der Waals surface area contributed by atoms with Gasteiger partial charge in [-0.05, 0) is 57.3 Å². The molecule has 1 unspecified atom stereocenters. The molecule has 38 heavy (non-hydrogen) atoms. The van der Waals surface area contributed by atoms with E-state index in [4.69, 9.17) is 0 Å². The number of hydrogen-bond donors (Lipinski definition) is 1. The molecule has 11 heteroatoms. The number of pyridine rings is 1. The smallest absolute Gasteiger partial charge is 0.229 e. The number of aromatic nitrogens is 4. The molecule has 0 radical (unpaired) electrons. The lowest BCUT2D eigenvalue weighted by Gasteiger charge is -2.36. The molecule has 3 aromatic heterocycles. The number of hydrogen-bond acceptors (Lipinski definition) is 7. The van der Waals surface area contributed by atoms with Gasteiger partial charge in [0.1, 0.15) is 22.5 Å². The second kappa shape index (κ2) is 11.0. The highest BCUT2D eigenvalue weighted by Gasteiger charge is 2.21. The maximum atomic E-state index is 14.7. The van der Waals surface area contributed by atoms with Gasteiger partial charge in [0.05, 0.1) is 11.9 Å². The Morgan fingerprint density at radius 1 is 1.11 bits per heavy atom. The summed E-state index contributed by atoms with van der Waals surface area (Å²) in [4.78, 5) is 18.1. The molecule has 0 aliphatic carbocycles. The molecule has 200 valence electrons. The maximum absolute atomic E-state index is 14.7. The minimum Gasteiger partial charge on any atom is -0.371 e. The Balaban J connectivity index is 1.34. The van der Waals surface area contributed by atoms with E-state index in [-0.39, 0.29) is 0 Å². The van der Waals surface area contributed by atoms with Crippen LogP contribution < -0.4 is 14.5 Å². The fraction of sp³-hybridized carbons (Fsp3) is 0.370. The Hall–Kier alpha value is -3.57. The summed E-state index contributed by atoms with van der Waals surface area (Å²) in [6.07, 6.45) is 8.47. The minimum atomic E-state index is -1.24.